The van der Waals surface area contributed by atoms with E-state index >= 15 is 0 Å². The smallest absolute Gasteiger partial charge is 0.300 e. The molecule has 0 amide bonds. The molecule has 0 aromatic rings. The van der Waals surface area contributed by atoms with Gasteiger partial charge in [-0.15, -0.1) is 0 Å². The second-order valence-corrected chi connectivity index (χ2v) is 5.22. The van der Waals surface area contributed by atoms with E-state index in [1.54, 1.807) is 0 Å². The highest BCUT2D eigenvalue weighted by atomic mass is 32.2. The van der Waals surface area contributed by atoms with E-state index in [0.29, 0.717) is 0 Å². The number of hydrogen-bond acceptors (Lipinski definition) is 7. The van der Waals surface area contributed by atoms with Crippen LogP contribution in [0.3, 0.4) is 0 Å². The summed E-state index contributed by atoms with van der Waals surface area (Å²) in [6, 6.07) is 0. The fourth-order valence-corrected chi connectivity index (χ4v) is 3.97. The second kappa shape index (κ2) is 1.90. The van der Waals surface area contributed by atoms with E-state index in [-0.39, 0.29) is 0 Å². The lowest BCUT2D eigenvalue weighted by molar-refractivity contribution is -0.117. The monoisotopic (exact) mass is 217 g/mol. The molecule has 0 aromatic heterocycles. The predicted octanol–water partition coefficient (Wildman–Crippen LogP) is -1.00. The van der Waals surface area contributed by atoms with Gasteiger partial charge in [0, 0.05) is 0 Å². The van der Waals surface area contributed by atoms with Crippen LogP contribution in [0.15, 0.2) is 0 Å². The summed E-state index contributed by atoms with van der Waals surface area (Å²) in [4.78, 5) is 0. The normalized spacial score (nSPS) is 52.0. The topological polar surface area (TPSA) is 125 Å². The zero-order valence-corrected chi connectivity index (χ0v) is 7.12. The Labute approximate surface area is 67.0 Å². The van der Waals surface area contributed by atoms with Gasteiger partial charge in [0.25, 0.3) is 0 Å². The number of rotatable bonds is 1. The summed E-state index contributed by atoms with van der Waals surface area (Å²) in [7, 11) is -8.47. The SMILES string of the molecule is NC1OP2(=O)OC1(S(=O)(=O)O)O2. The van der Waals surface area contributed by atoms with Crippen LogP contribution in [0.1, 0.15) is 0 Å². The van der Waals surface area contributed by atoms with Gasteiger partial charge < -0.3 is 0 Å². The molecule has 0 aromatic carbocycles. The molecule has 0 spiro atoms. The third kappa shape index (κ3) is 0.787. The lowest BCUT2D eigenvalue weighted by Gasteiger charge is -2.30. The molecule has 10 heteroatoms. The molecule has 3 N–H and O–H groups in total. The van der Waals surface area contributed by atoms with Crippen LogP contribution in [-0.4, -0.2) is 24.3 Å². The Balaban J connectivity index is 2.47. The molecule has 70 valence electrons. The molecule has 3 saturated heterocycles. The van der Waals surface area contributed by atoms with E-state index in [4.69, 9.17) is 10.3 Å². The Kier molecular flexibility index (Phi) is 1.36. The molecule has 0 aliphatic carbocycles. The van der Waals surface area contributed by atoms with Gasteiger partial charge in [0.2, 0.25) is 0 Å². The van der Waals surface area contributed by atoms with Crippen molar-refractivity contribution in [2.24, 2.45) is 5.73 Å². The third-order valence-electron chi connectivity index (χ3n) is 1.43. The number of fused-ring (bicyclic) bond motifs is 1. The average Bonchev–Trinajstić information content (AvgIpc) is 2.12. The first-order valence-electron chi connectivity index (χ1n) is 2.72. The molecule has 3 aliphatic heterocycles. The van der Waals surface area contributed by atoms with Crippen molar-refractivity contribution in [1.29, 1.82) is 0 Å². The maximum atomic E-state index is 10.8. The Morgan fingerprint density at radius 3 is 2.17 bits per heavy atom. The quantitative estimate of drug-likeness (QED) is 0.423. The molecule has 3 rings (SSSR count). The highest BCUT2D eigenvalue weighted by Gasteiger charge is 2.77. The highest BCUT2D eigenvalue weighted by molar-refractivity contribution is 7.88. The van der Waals surface area contributed by atoms with Gasteiger partial charge in [-0.3, -0.25) is 14.8 Å². The van der Waals surface area contributed by atoms with Crippen LogP contribution in [0, 0.1) is 0 Å². The van der Waals surface area contributed by atoms with E-state index in [1.807, 2.05) is 0 Å². The van der Waals surface area contributed by atoms with Crippen LogP contribution in [0.5, 0.6) is 0 Å². The summed E-state index contributed by atoms with van der Waals surface area (Å²) in [6.45, 7) is 0. The Bertz CT molecular complexity index is 363. The maximum absolute atomic E-state index is 10.8. The molecule has 3 heterocycles. The van der Waals surface area contributed by atoms with Crippen LogP contribution < -0.4 is 5.73 Å². The van der Waals surface area contributed by atoms with Gasteiger partial charge in [-0.05, 0) is 0 Å². The average molecular weight is 217 g/mol. The molecule has 12 heavy (non-hydrogen) atoms. The van der Waals surface area contributed by atoms with Crippen molar-refractivity contribution in [3.05, 3.63) is 0 Å². The fourth-order valence-electron chi connectivity index (χ4n) is 0.910. The molecule has 0 radical (unpaired) electrons. The van der Waals surface area contributed by atoms with Crippen molar-refractivity contribution in [2.45, 2.75) is 11.3 Å². The zero-order valence-electron chi connectivity index (χ0n) is 5.41. The van der Waals surface area contributed by atoms with Crippen molar-refractivity contribution in [3.8, 4) is 0 Å². The van der Waals surface area contributed by atoms with Crippen LogP contribution in [-0.2, 0) is 28.3 Å². The lowest BCUT2D eigenvalue weighted by atomic mass is 10.6. The first-order valence-corrected chi connectivity index (χ1v) is 5.62. The molecule has 2 bridgehead atoms. The van der Waals surface area contributed by atoms with E-state index in [1.165, 1.54) is 0 Å². The minimum Gasteiger partial charge on any atom is -0.300 e. The van der Waals surface area contributed by atoms with E-state index in [2.05, 4.69) is 13.6 Å². The van der Waals surface area contributed by atoms with E-state index in [0.717, 1.165) is 0 Å². The van der Waals surface area contributed by atoms with Crippen LogP contribution in [0.4, 0.5) is 0 Å². The van der Waals surface area contributed by atoms with Crippen molar-refractivity contribution in [3.63, 3.8) is 0 Å². The van der Waals surface area contributed by atoms with Crippen LogP contribution in [0.25, 0.3) is 0 Å². The molecule has 1 atom stereocenters. The first kappa shape index (κ1) is 8.57. The van der Waals surface area contributed by atoms with Crippen molar-refractivity contribution < 1.29 is 31.1 Å². The van der Waals surface area contributed by atoms with Crippen LogP contribution in [0.2, 0.25) is 0 Å². The summed E-state index contributed by atoms with van der Waals surface area (Å²) in [5, 5.41) is -2.48. The second-order valence-electron chi connectivity index (χ2n) is 2.23. The summed E-state index contributed by atoms with van der Waals surface area (Å²) in [5.41, 5.74) is 5.04. The largest absolute Gasteiger partial charge is 0.483 e. The molecular weight excluding hydrogens is 213 g/mol. The Hall–Kier alpha value is -0.0200. The van der Waals surface area contributed by atoms with Gasteiger partial charge in [-0.2, -0.15) is 8.42 Å². The summed E-state index contributed by atoms with van der Waals surface area (Å²) >= 11 is 0. The van der Waals surface area contributed by atoms with Gasteiger partial charge >= 0.3 is 23.1 Å². The van der Waals surface area contributed by atoms with Gasteiger partial charge in [0.15, 0.2) is 6.23 Å². The van der Waals surface area contributed by atoms with Gasteiger partial charge in [0.05, 0.1) is 0 Å². The third-order valence-corrected chi connectivity index (χ3v) is 4.27. The fraction of sp³-hybridized carbons (Fsp3) is 1.00. The van der Waals surface area contributed by atoms with Gasteiger partial charge in [0.1, 0.15) is 0 Å². The molecule has 3 aliphatic rings. The number of hydrogen-bond donors (Lipinski definition) is 2. The van der Waals surface area contributed by atoms with E-state index < -0.39 is 29.3 Å². The van der Waals surface area contributed by atoms with Crippen molar-refractivity contribution in [1.82, 2.24) is 0 Å². The minimum absolute atomic E-state index is 1.58. The van der Waals surface area contributed by atoms with Crippen molar-refractivity contribution >= 4 is 17.9 Å². The van der Waals surface area contributed by atoms with Gasteiger partial charge in [-0.25, -0.2) is 13.6 Å². The minimum atomic E-state index is -4.69. The highest BCUT2D eigenvalue weighted by Crippen LogP contribution is 2.74. The predicted molar refractivity (Wildman–Crippen MR) is 33.1 cm³/mol. The number of phosphoric acid groups is 1. The number of phosphoric ester groups is 1. The van der Waals surface area contributed by atoms with Gasteiger partial charge in [-0.1, -0.05) is 0 Å². The molecule has 8 nitrogen and oxygen atoms in total. The summed E-state index contributed by atoms with van der Waals surface area (Å²) < 4.78 is 53.3. The lowest BCUT2D eigenvalue weighted by Crippen LogP contribution is -2.54. The molecular formula is C2H4NO7PS. The standard InChI is InChI=1S/C2H4NO7PS/c3-1-2(12(5,6)7)9-11(4,8-1)10-2/h1H,3H2,(H,5,6,7). The maximum Gasteiger partial charge on any atom is 0.483 e. The zero-order chi connectivity index (χ0) is 9.20. The Morgan fingerprint density at radius 1 is 1.50 bits per heavy atom. The molecule has 0 saturated carbocycles. The first-order chi connectivity index (χ1) is 5.29. The molecule has 3 fully saturated rings. The summed E-state index contributed by atoms with van der Waals surface area (Å²) in [6.07, 6.45) is -1.58. The van der Waals surface area contributed by atoms with E-state index in [9.17, 15) is 13.0 Å². The Morgan fingerprint density at radius 2 is 2.00 bits per heavy atom. The molecule has 1 unspecified atom stereocenters. The summed E-state index contributed by atoms with van der Waals surface area (Å²) in [5.74, 6) is 0. The number of nitrogens with two attached hydrogens (primary N) is 1. The van der Waals surface area contributed by atoms with Crippen molar-refractivity contribution in [2.75, 3.05) is 0 Å². The van der Waals surface area contributed by atoms with Crippen LogP contribution >= 0.6 is 7.82 Å².